The lowest BCUT2D eigenvalue weighted by Crippen LogP contribution is -2.44. The fourth-order valence-electron chi connectivity index (χ4n) is 5.07. The van der Waals surface area contributed by atoms with Crippen molar-refractivity contribution in [1.82, 2.24) is 19.9 Å². The molecular formula is C28H24FN5O4S. The van der Waals surface area contributed by atoms with Gasteiger partial charge in [0, 0.05) is 47.5 Å². The molecule has 0 radical (unpaired) electrons. The van der Waals surface area contributed by atoms with Gasteiger partial charge in [0.1, 0.15) is 16.3 Å². The molecule has 1 aliphatic heterocycles. The molecule has 1 fully saturated rings. The molecule has 2 aromatic carbocycles. The van der Waals surface area contributed by atoms with Gasteiger partial charge in [-0.15, -0.1) is 3.89 Å². The largest absolute Gasteiger partial charge is 0.493 e. The monoisotopic (exact) mass is 545 g/mol. The highest BCUT2D eigenvalue weighted by molar-refractivity contribution is 7.86. The lowest BCUT2D eigenvalue weighted by molar-refractivity contribution is 0.311. The fraction of sp³-hybridized carbons (Fsp3) is 0.250. The fourth-order valence-corrected chi connectivity index (χ4v) is 5.53. The SMILES string of the molecule is CCCCOc1cc2c(=O)c3c4ccc(C#N)cc4[nH]c3n(C3CNC3)c2cc1-c1cncc(S(=O)(=O)F)c1. The minimum absolute atomic E-state index is 0.0366. The first-order chi connectivity index (χ1) is 18.8. The van der Waals surface area contributed by atoms with E-state index in [1.54, 1.807) is 30.3 Å². The third-order valence-corrected chi connectivity index (χ3v) is 7.95. The van der Waals surface area contributed by atoms with E-state index in [1.165, 1.54) is 12.3 Å². The van der Waals surface area contributed by atoms with Crippen LogP contribution in [0.3, 0.4) is 0 Å². The van der Waals surface area contributed by atoms with Crippen LogP contribution in [0.25, 0.3) is 44.0 Å². The predicted molar refractivity (Wildman–Crippen MR) is 146 cm³/mol. The van der Waals surface area contributed by atoms with E-state index in [1.807, 2.05) is 6.92 Å². The molecule has 11 heteroatoms. The van der Waals surface area contributed by atoms with Crippen molar-refractivity contribution in [2.75, 3.05) is 19.7 Å². The summed E-state index contributed by atoms with van der Waals surface area (Å²) in [6, 6.07) is 12.1. The van der Waals surface area contributed by atoms with E-state index in [0.717, 1.165) is 24.4 Å². The topological polar surface area (TPSA) is 130 Å². The Balaban J connectivity index is 1.70. The van der Waals surface area contributed by atoms with Gasteiger partial charge in [0.25, 0.3) is 0 Å². The normalized spacial score (nSPS) is 14.1. The molecule has 6 rings (SSSR count). The highest BCUT2D eigenvalue weighted by Crippen LogP contribution is 2.38. The molecule has 0 amide bonds. The molecule has 0 saturated carbocycles. The Hall–Kier alpha value is -4.27. The van der Waals surface area contributed by atoms with Gasteiger partial charge in [-0.25, -0.2) is 0 Å². The van der Waals surface area contributed by atoms with Gasteiger partial charge in [-0.1, -0.05) is 19.4 Å². The second-order valence-corrected chi connectivity index (χ2v) is 11.0. The van der Waals surface area contributed by atoms with E-state index in [-0.39, 0.29) is 11.5 Å². The molecule has 0 aliphatic carbocycles. The van der Waals surface area contributed by atoms with Gasteiger partial charge < -0.3 is 19.6 Å². The second-order valence-electron chi connectivity index (χ2n) is 9.65. The number of unbranched alkanes of at least 4 members (excludes halogenated alkanes) is 1. The summed E-state index contributed by atoms with van der Waals surface area (Å²) in [7, 11) is -4.98. The van der Waals surface area contributed by atoms with E-state index in [4.69, 9.17) is 4.74 Å². The number of nitrogens with one attached hydrogen (secondary N) is 2. The lowest BCUT2D eigenvalue weighted by Gasteiger charge is -2.32. The Morgan fingerprint density at radius 2 is 2.00 bits per heavy atom. The van der Waals surface area contributed by atoms with Crippen LogP contribution in [0.15, 0.2) is 58.5 Å². The van der Waals surface area contributed by atoms with Crippen LogP contribution in [0, 0.1) is 11.3 Å². The smallest absolute Gasteiger partial charge is 0.333 e. The summed E-state index contributed by atoms with van der Waals surface area (Å²) in [6.07, 6.45) is 4.06. The number of nitrogens with zero attached hydrogens (tertiary/aromatic N) is 3. The highest BCUT2D eigenvalue weighted by Gasteiger charge is 2.27. The summed E-state index contributed by atoms with van der Waals surface area (Å²) in [6.45, 7) is 3.79. The number of aromatic amines is 1. The van der Waals surface area contributed by atoms with Gasteiger partial charge in [0.05, 0.1) is 40.6 Å². The molecular weight excluding hydrogens is 521 g/mol. The van der Waals surface area contributed by atoms with Crippen LogP contribution < -0.4 is 15.5 Å². The molecule has 1 saturated heterocycles. The molecule has 0 spiro atoms. The predicted octanol–water partition coefficient (Wildman–Crippen LogP) is 4.55. The molecule has 2 N–H and O–H groups in total. The number of aromatic nitrogens is 3. The van der Waals surface area contributed by atoms with Gasteiger partial charge in [-0.05, 0) is 36.8 Å². The summed E-state index contributed by atoms with van der Waals surface area (Å²) in [5.74, 6) is 0.382. The molecule has 5 aromatic rings. The van der Waals surface area contributed by atoms with E-state index in [9.17, 15) is 22.4 Å². The van der Waals surface area contributed by atoms with Crippen molar-refractivity contribution in [3.63, 3.8) is 0 Å². The third-order valence-electron chi connectivity index (χ3n) is 7.16. The molecule has 39 heavy (non-hydrogen) atoms. The minimum Gasteiger partial charge on any atom is -0.493 e. The first-order valence-corrected chi connectivity index (χ1v) is 14.0. The van der Waals surface area contributed by atoms with Crippen molar-refractivity contribution in [1.29, 1.82) is 5.26 Å². The van der Waals surface area contributed by atoms with Crippen LogP contribution in [-0.2, 0) is 10.2 Å². The Morgan fingerprint density at radius 3 is 2.69 bits per heavy atom. The number of fused-ring (bicyclic) bond motifs is 4. The van der Waals surface area contributed by atoms with E-state index in [2.05, 4.69) is 25.9 Å². The maximum atomic E-state index is 14.0. The summed E-state index contributed by atoms with van der Waals surface area (Å²) in [4.78, 5) is 20.8. The van der Waals surface area contributed by atoms with Gasteiger partial charge in [-0.3, -0.25) is 9.78 Å². The minimum atomic E-state index is -4.98. The number of H-pyrrole nitrogens is 1. The number of hydrogen-bond donors (Lipinski definition) is 2. The average molecular weight is 546 g/mol. The van der Waals surface area contributed by atoms with Crippen LogP contribution in [0.2, 0.25) is 0 Å². The molecule has 0 atom stereocenters. The zero-order chi connectivity index (χ0) is 27.3. The van der Waals surface area contributed by atoms with Crippen molar-refractivity contribution in [3.8, 4) is 22.9 Å². The maximum Gasteiger partial charge on any atom is 0.333 e. The number of nitriles is 1. The van der Waals surface area contributed by atoms with Crippen LogP contribution in [0.5, 0.6) is 5.75 Å². The van der Waals surface area contributed by atoms with Gasteiger partial charge in [0.2, 0.25) is 0 Å². The number of hydrogen-bond acceptors (Lipinski definition) is 7. The second kappa shape index (κ2) is 9.48. The average Bonchev–Trinajstić information content (AvgIpc) is 3.28. The van der Waals surface area contributed by atoms with E-state index in [0.29, 0.717) is 69.6 Å². The summed E-state index contributed by atoms with van der Waals surface area (Å²) < 4.78 is 45.3. The van der Waals surface area contributed by atoms with Crippen molar-refractivity contribution in [2.24, 2.45) is 0 Å². The van der Waals surface area contributed by atoms with Crippen LogP contribution in [0.4, 0.5) is 3.89 Å². The summed E-state index contributed by atoms with van der Waals surface area (Å²) >= 11 is 0. The number of benzene rings is 2. The number of ether oxygens (including phenoxy) is 1. The van der Waals surface area contributed by atoms with Crippen molar-refractivity contribution < 1.29 is 17.0 Å². The van der Waals surface area contributed by atoms with Crippen LogP contribution in [-0.4, -0.2) is 42.6 Å². The number of halogens is 1. The molecule has 198 valence electrons. The maximum absolute atomic E-state index is 14.0. The van der Waals surface area contributed by atoms with Crippen LogP contribution >= 0.6 is 0 Å². The number of pyridine rings is 2. The summed E-state index contributed by atoms with van der Waals surface area (Å²) in [5.41, 5.74) is 3.08. The van der Waals surface area contributed by atoms with Crippen molar-refractivity contribution in [3.05, 3.63) is 64.6 Å². The van der Waals surface area contributed by atoms with E-state index < -0.39 is 15.1 Å². The molecule has 3 aromatic heterocycles. The first kappa shape index (κ1) is 25.0. The van der Waals surface area contributed by atoms with Gasteiger partial charge in [-0.2, -0.15) is 13.7 Å². The zero-order valence-electron chi connectivity index (χ0n) is 21.0. The van der Waals surface area contributed by atoms with Crippen molar-refractivity contribution >= 4 is 43.1 Å². The first-order valence-electron chi connectivity index (χ1n) is 12.6. The Labute approximate surface area is 223 Å². The zero-order valence-corrected chi connectivity index (χ0v) is 21.8. The van der Waals surface area contributed by atoms with E-state index >= 15 is 0 Å². The Morgan fingerprint density at radius 1 is 1.18 bits per heavy atom. The molecule has 4 heterocycles. The third kappa shape index (κ3) is 4.22. The lowest BCUT2D eigenvalue weighted by atomic mass is 10.0. The van der Waals surface area contributed by atoms with Crippen molar-refractivity contribution in [2.45, 2.75) is 30.7 Å². The quantitative estimate of drug-likeness (QED) is 0.227. The van der Waals surface area contributed by atoms with Gasteiger partial charge >= 0.3 is 10.2 Å². The number of rotatable bonds is 7. The standard InChI is InChI=1S/C28H24FN5O4S/c1-2-3-6-38-25-10-22-24(9-21(25)17-8-19(15-31-12-17)39(29,36)37)34(18-13-32-14-18)28-26(27(22)35)20-5-4-16(11-30)7-23(20)33-28/h4-5,7-10,12,15,18,32-33H,2-3,6,13-14H2,1H3. The van der Waals surface area contributed by atoms with Gasteiger partial charge in [0.15, 0.2) is 5.43 Å². The summed E-state index contributed by atoms with van der Waals surface area (Å²) in [5, 5.41) is 14.3. The Kier molecular flexibility index (Phi) is 6.09. The molecule has 1 aliphatic rings. The molecule has 0 bridgehead atoms. The molecule has 0 unspecified atom stereocenters. The Bertz CT molecular complexity index is 1990. The highest BCUT2D eigenvalue weighted by atomic mass is 32.3. The van der Waals surface area contributed by atoms with Crippen LogP contribution in [0.1, 0.15) is 31.4 Å². The molecule has 9 nitrogen and oxygen atoms in total.